The first-order valence-electron chi connectivity index (χ1n) is 12.9. The fraction of sp³-hybridized carbons (Fsp3) is 0.333. The molecule has 0 unspecified atom stereocenters. The van der Waals surface area contributed by atoms with E-state index in [0.717, 1.165) is 61.7 Å². The van der Waals surface area contributed by atoms with Crippen LogP contribution in [0.4, 0.5) is 28.0 Å². The maximum atomic E-state index is 13.6. The van der Waals surface area contributed by atoms with E-state index in [1.807, 2.05) is 42.5 Å². The average molecular weight is 539 g/mol. The van der Waals surface area contributed by atoms with Gasteiger partial charge in [0.05, 0.1) is 17.2 Å². The van der Waals surface area contributed by atoms with Gasteiger partial charge in [-0.15, -0.1) is 0 Å². The number of amides is 2. The van der Waals surface area contributed by atoms with Gasteiger partial charge in [0, 0.05) is 17.6 Å². The summed E-state index contributed by atoms with van der Waals surface area (Å²) in [6.07, 6.45) is -2.23. The molecule has 1 aliphatic heterocycles. The number of benzene rings is 3. The quantitative estimate of drug-likeness (QED) is 0.320. The predicted octanol–water partition coefficient (Wildman–Crippen LogP) is 6.95. The molecule has 0 aromatic heterocycles. The number of likely N-dealkylation sites (tertiary alicyclic amines) is 1. The fourth-order valence-electron chi connectivity index (χ4n) is 5.12. The Labute approximate surface area is 225 Å². The Morgan fingerprint density at radius 1 is 1.03 bits per heavy atom. The van der Waals surface area contributed by atoms with Gasteiger partial charge in [0.15, 0.2) is 0 Å². The van der Waals surface area contributed by atoms with Crippen molar-refractivity contribution in [2.24, 2.45) is 0 Å². The lowest BCUT2D eigenvalue weighted by Crippen LogP contribution is -2.49. The molecule has 0 saturated carbocycles. The normalized spacial score (nSPS) is 15.4. The molecule has 3 aromatic carbocycles. The van der Waals surface area contributed by atoms with Crippen LogP contribution >= 0.6 is 0 Å². The fourth-order valence-corrected chi connectivity index (χ4v) is 5.12. The highest BCUT2D eigenvalue weighted by Gasteiger charge is 2.37. The molecule has 1 saturated heterocycles. The summed E-state index contributed by atoms with van der Waals surface area (Å²) in [7, 11) is 0. The third-order valence-corrected chi connectivity index (χ3v) is 7.29. The minimum Gasteiger partial charge on any atom is -0.337 e. The molecule has 4 rings (SSSR count). The molecule has 204 valence electrons. The summed E-state index contributed by atoms with van der Waals surface area (Å²) >= 11 is 0. The van der Waals surface area contributed by atoms with Crippen molar-refractivity contribution in [2.45, 2.75) is 37.8 Å². The topological polar surface area (TPSA) is 68.2 Å². The van der Waals surface area contributed by atoms with Crippen LogP contribution in [0.5, 0.6) is 0 Å². The minimum atomic E-state index is -4.86. The summed E-state index contributed by atoms with van der Waals surface area (Å²) in [5, 5.41) is 14.5. The number of anilines is 1. The highest BCUT2D eigenvalue weighted by atomic mass is 19.4. The van der Waals surface area contributed by atoms with Crippen LogP contribution in [0.15, 0.2) is 66.7 Å². The van der Waals surface area contributed by atoms with Crippen LogP contribution in [0, 0.1) is 17.1 Å². The molecular formula is C30H30F4N4O. The van der Waals surface area contributed by atoms with Crippen molar-refractivity contribution >= 4 is 11.7 Å². The SMILES string of the molecule is CCCN1CCC(CNC(=O)Nc2ccc(F)c(C(F)(F)F)c2)(c2ccc(-c3cccc(C#N)c3)cc2)CC1. The lowest BCUT2D eigenvalue weighted by molar-refractivity contribution is -0.139. The van der Waals surface area contributed by atoms with Crippen LogP contribution in [-0.4, -0.2) is 37.1 Å². The van der Waals surface area contributed by atoms with E-state index in [2.05, 4.69) is 28.5 Å². The molecule has 39 heavy (non-hydrogen) atoms. The van der Waals surface area contributed by atoms with Gasteiger partial charge < -0.3 is 15.5 Å². The van der Waals surface area contributed by atoms with Crippen LogP contribution in [0.25, 0.3) is 11.1 Å². The summed E-state index contributed by atoms with van der Waals surface area (Å²) in [6.45, 7) is 5.12. The van der Waals surface area contributed by atoms with E-state index in [0.29, 0.717) is 17.7 Å². The molecule has 0 aliphatic carbocycles. The number of nitriles is 1. The summed E-state index contributed by atoms with van der Waals surface area (Å²) < 4.78 is 52.8. The van der Waals surface area contributed by atoms with E-state index < -0.39 is 23.6 Å². The molecule has 2 amide bonds. The molecule has 3 aromatic rings. The predicted molar refractivity (Wildman–Crippen MR) is 143 cm³/mol. The number of hydrogen-bond acceptors (Lipinski definition) is 3. The van der Waals surface area contributed by atoms with E-state index in [9.17, 15) is 27.6 Å². The van der Waals surface area contributed by atoms with Crippen LogP contribution in [0.3, 0.4) is 0 Å². The Morgan fingerprint density at radius 3 is 2.38 bits per heavy atom. The lowest BCUT2D eigenvalue weighted by atomic mass is 9.72. The molecule has 2 N–H and O–H groups in total. The van der Waals surface area contributed by atoms with Crippen molar-refractivity contribution in [3.63, 3.8) is 0 Å². The van der Waals surface area contributed by atoms with Gasteiger partial charge in [-0.3, -0.25) is 0 Å². The van der Waals surface area contributed by atoms with E-state index in [-0.39, 0.29) is 17.6 Å². The number of carbonyl (C=O) groups excluding carboxylic acids is 1. The van der Waals surface area contributed by atoms with E-state index in [1.165, 1.54) is 0 Å². The molecule has 1 fully saturated rings. The molecule has 0 atom stereocenters. The van der Waals surface area contributed by atoms with Gasteiger partial charge in [-0.25, -0.2) is 9.18 Å². The number of nitrogens with zero attached hydrogens (tertiary/aromatic N) is 2. The average Bonchev–Trinajstić information content (AvgIpc) is 2.93. The summed E-state index contributed by atoms with van der Waals surface area (Å²) in [6, 6.07) is 19.3. The third kappa shape index (κ3) is 6.76. The molecule has 0 bridgehead atoms. The standard InChI is InChI=1S/C30H30F4N4O/c1-2-14-38-15-12-29(13-16-38,24-8-6-22(7-9-24)23-5-3-4-21(17-23)19-35)20-36-28(39)37-25-10-11-27(31)26(18-25)30(32,33)34/h3-11,17-18H,2,12-16,20H2,1H3,(H2,36,37,39). The second kappa shape index (κ2) is 11.9. The van der Waals surface area contributed by atoms with Crippen LogP contribution in [-0.2, 0) is 11.6 Å². The third-order valence-electron chi connectivity index (χ3n) is 7.29. The largest absolute Gasteiger partial charge is 0.419 e. The Hall–Kier alpha value is -3.90. The van der Waals surface area contributed by atoms with Gasteiger partial charge in [-0.1, -0.05) is 43.3 Å². The van der Waals surface area contributed by atoms with E-state index in [1.54, 1.807) is 6.07 Å². The van der Waals surface area contributed by atoms with Gasteiger partial charge in [0.25, 0.3) is 0 Å². The van der Waals surface area contributed by atoms with Crippen molar-refractivity contribution < 1.29 is 22.4 Å². The highest BCUT2D eigenvalue weighted by Crippen LogP contribution is 2.37. The summed E-state index contributed by atoms with van der Waals surface area (Å²) in [4.78, 5) is 15.1. The van der Waals surface area contributed by atoms with Gasteiger partial charge >= 0.3 is 12.2 Å². The van der Waals surface area contributed by atoms with E-state index >= 15 is 0 Å². The Bertz CT molecular complexity index is 1340. The Kier molecular flexibility index (Phi) is 8.56. The van der Waals surface area contributed by atoms with Crippen LogP contribution < -0.4 is 10.6 Å². The molecule has 1 aliphatic rings. The number of alkyl halides is 3. The van der Waals surface area contributed by atoms with Gasteiger partial charge in [-0.05, 0) is 85.9 Å². The maximum Gasteiger partial charge on any atom is 0.419 e. The Balaban J connectivity index is 1.52. The van der Waals surface area contributed by atoms with Crippen LogP contribution in [0.2, 0.25) is 0 Å². The zero-order valence-corrected chi connectivity index (χ0v) is 21.6. The highest BCUT2D eigenvalue weighted by molar-refractivity contribution is 5.89. The zero-order chi connectivity index (χ0) is 28.0. The number of carbonyl (C=O) groups is 1. The molecular weight excluding hydrogens is 508 g/mol. The first kappa shape index (κ1) is 28.1. The first-order valence-corrected chi connectivity index (χ1v) is 12.9. The van der Waals surface area contributed by atoms with E-state index in [4.69, 9.17) is 0 Å². The van der Waals surface area contributed by atoms with Crippen molar-refractivity contribution in [1.82, 2.24) is 10.2 Å². The van der Waals surface area contributed by atoms with Crippen molar-refractivity contribution in [2.75, 3.05) is 31.5 Å². The maximum absolute atomic E-state index is 13.6. The minimum absolute atomic E-state index is 0.142. The molecule has 0 radical (unpaired) electrons. The number of urea groups is 1. The number of piperidine rings is 1. The van der Waals surface area contributed by atoms with Crippen molar-refractivity contribution in [3.8, 4) is 17.2 Å². The lowest BCUT2D eigenvalue weighted by Gasteiger charge is -2.42. The van der Waals surface area contributed by atoms with Gasteiger partial charge in [0.1, 0.15) is 5.82 Å². The summed E-state index contributed by atoms with van der Waals surface area (Å²) in [5.74, 6) is -1.39. The number of hydrogen-bond donors (Lipinski definition) is 2. The van der Waals surface area contributed by atoms with Gasteiger partial charge in [0.2, 0.25) is 0 Å². The molecule has 5 nitrogen and oxygen atoms in total. The van der Waals surface area contributed by atoms with Crippen molar-refractivity contribution in [1.29, 1.82) is 5.26 Å². The zero-order valence-electron chi connectivity index (χ0n) is 21.6. The first-order chi connectivity index (χ1) is 18.6. The number of halogens is 4. The number of nitrogens with one attached hydrogen (secondary N) is 2. The van der Waals surface area contributed by atoms with Gasteiger partial charge in [-0.2, -0.15) is 18.4 Å². The molecule has 9 heteroatoms. The molecule has 1 heterocycles. The van der Waals surface area contributed by atoms with Crippen molar-refractivity contribution in [3.05, 3.63) is 89.2 Å². The second-order valence-corrected chi connectivity index (χ2v) is 9.89. The number of rotatable bonds is 7. The Morgan fingerprint density at radius 2 is 1.74 bits per heavy atom. The summed E-state index contributed by atoms with van der Waals surface area (Å²) in [5.41, 5.74) is 1.60. The molecule has 0 spiro atoms. The monoisotopic (exact) mass is 538 g/mol. The van der Waals surface area contributed by atoms with Crippen LogP contribution in [0.1, 0.15) is 42.9 Å². The smallest absolute Gasteiger partial charge is 0.337 e. The second-order valence-electron chi connectivity index (χ2n) is 9.89.